The summed E-state index contributed by atoms with van der Waals surface area (Å²) < 4.78 is 23.6. The Kier molecular flexibility index (Phi) is 42.9. The Morgan fingerprint density at radius 1 is 0.550 bits per heavy atom. The van der Waals surface area contributed by atoms with Crippen molar-refractivity contribution in [3.05, 3.63) is 12.2 Å². The molecule has 0 aromatic rings. The molecular weight excluding hydrogens is 768 g/mol. The van der Waals surface area contributed by atoms with Gasteiger partial charge in [-0.3, -0.25) is 13.8 Å². The topological polar surface area (TPSA) is 105 Å². The first-order valence-electron chi connectivity index (χ1n) is 26.1. The molecule has 0 fully saturated rings. The van der Waals surface area contributed by atoms with Crippen LogP contribution in [0.2, 0.25) is 0 Å². The van der Waals surface area contributed by atoms with Crippen LogP contribution in [0, 0.1) is 0 Å². The molecule has 8 nitrogen and oxygen atoms in total. The minimum Gasteiger partial charge on any atom is -0.387 e. The Bertz CT molecular complexity index is 989. The number of unbranched alkanes of at least 4 members (excludes halogenated alkanes) is 35. The van der Waals surface area contributed by atoms with E-state index in [1.54, 1.807) is 6.08 Å². The van der Waals surface area contributed by atoms with Crippen LogP contribution in [0.25, 0.3) is 0 Å². The zero-order valence-corrected chi connectivity index (χ0v) is 41.6. The molecule has 0 radical (unpaired) electrons. The summed E-state index contributed by atoms with van der Waals surface area (Å²) in [5.41, 5.74) is 0. The van der Waals surface area contributed by atoms with E-state index < -0.39 is 20.0 Å². The van der Waals surface area contributed by atoms with Crippen molar-refractivity contribution >= 4 is 13.7 Å². The van der Waals surface area contributed by atoms with Crippen molar-refractivity contribution in [2.45, 2.75) is 270 Å². The van der Waals surface area contributed by atoms with E-state index in [1.165, 1.54) is 199 Å². The summed E-state index contributed by atoms with van der Waals surface area (Å²) in [4.78, 5) is 23.2. The van der Waals surface area contributed by atoms with Crippen LogP contribution in [0.4, 0.5) is 0 Å². The summed E-state index contributed by atoms with van der Waals surface area (Å²) >= 11 is 0. The van der Waals surface area contributed by atoms with Crippen LogP contribution in [0.1, 0.15) is 258 Å². The summed E-state index contributed by atoms with van der Waals surface area (Å²) in [5, 5.41) is 13.9. The molecule has 0 rings (SSSR count). The van der Waals surface area contributed by atoms with Crippen molar-refractivity contribution in [1.82, 2.24) is 5.32 Å². The molecule has 0 aromatic heterocycles. The van der Waals surface area contributed by atoms with Gasteiger partial charge in [0.05, 0.1) is 39.9 Å². The molecule has 3 N–H and O–H groups in total. The largest absolute Gasteiger partial charge is 0.472 e. The maximum absolute atomic E-state index is 12.9. The van der Waals surface area contributed by atoms with Crippen molar-refractivity contribution in [2.75, 3.05) is 40.9 Å². The first kappa shape index (κ1) is 59.2. The molecule has 0 aliphatic rings. The molecule has 0 saturated heterocycles. The zero-order chi connectivity index (χ0) is 44.3. The van der Waals surface area contributed by atoms with Gasteiger partial charge in [-0.2, -0.15) is 0 Å². The van der Waals surface area contributed by atoms with Gasteiger partial charge in [0.1, 0.15) is 13.2 Å². The van der Waals surface area contributed by atoms with E-state index in [-0.39, 0.29) is 19.1 Å². The maximum atomic E-state index is 12.9. The van der Waals surface area contributed by atoms with Crippen LogP contribution in [0.3, 0.4) is 0 Å². The highest BCUT2D eigenvalue weighted by Crippen LogP contribution is 2.43. The van der Waals surface area contributed by atoms with Gasteiger partial charge in [0.25, 0.3) is 0 Å². The quantitative estimate of drug-likeness (QED) is 0.0243. The van der Waals surface area contributed by atoms with Crippen molar-refractivity contribution in [3.8, 4) is 0 Å². The van der Waals surface area contributed by atoms with Gasteiger partial charge in [-0.15, -0.1) is 0 Å². The van der Waals surface area contributed by atoms with Crippen LogP contribution in [-0.2, 0) is 18.4 Å². The van der Waals surface area contributed by atoms with Gasteiger partial charge >= 0.3 is 7.82 Å². The summed E-state index contributed by atoms with van der Waals surface area (Å²) in [6.07, 6.45) is 51.6. The number of hydrogen-bond acceptors (Lipinski definition) is 5. The highest BCUT2D eigenvalue weighted by Gasteiger charge is 2.27. The van der Waals surface area contributed by atoms with Crippen LogP contribution < -0.4 is 5.32 Å². The third kappa shape index (κ3) is 45.3. The van der Waals surface area contributed by atoms with Crippen LogP contribution in [0.5, 0.6) is 0 Å². The Labute approximate surface area is 373 Å². The van der Waals surface area contributed by atoms with Gasteiger partial charge in [-0.25, -0.2) is 4.57 Å². The van der Waals surface area contributed by atoms with Crippen molar-refractivity contribution in [2.24, 2.45) is 0 Å². The van der Waals surface area contributed by atoms with Gasteiger partial charge in [0, 0.05) is 6.42 Å². The second-order valence-electron chi connectivity index (χ2n) is 19.3. The summed E-state index contributed by atoms with van der Waals surface area (Å²) in [6.45, 7) is 4.84. The number of nitrogens with zero attached hydrogens (tertiary/aromatic N) is 1. The number of carbonyl (C=O) groups excluding carboxylic acids is 1. The van der Waals surface area contributed by atoms with Crippen LogP contribution >= 0.6 is 7.82 Å². The maximum Gasteiger partial charge on any atom is 0.472 e. The number of aliphatic hydroxyl groups excluding tert-OH is 1. The predicted octanol–water partition coefficient (Wildman–Crippen LogP) is 15.1. The number of allylic oxidation sites excluding steroid dienone is 1. The monoisotopic (exact) mass is 872 g/mol. The number of hydrogen-bond donors (Lipinski definition) is 3. The highest BCUT2D eigenvalue weighted by molar-refractivity contribution is 7.47. The first-order valence-corrected chi connectivity index (χ1v) is 27.6. The molecular formula is C51H104N2O6P+. The standard InChI is InChI=1S/C51H103N2O6P/c1-6-8-10-12-14-16-18-20-21-22-23-24-25-26-27-28-29-30-31-33-35-37-39-41-43-45-51(55)52-49(48-59-60(56,57)58-47-46-53(3,4)5)50(54)44-42-40-38-36-34-32-19-17-15-13-11-9-7-2/h42,44,49-50,54H,6-41,43,45-48H2,1-5H3,(H-,52,55,56,57)/p+1/b44-42+/t49-,50+/m0/s1. The van der Waals surface area contributed by atoms with E-state index in [1.807, 2.05) is 27.2 Å². The number of likely N-dealkylation sites (N-methyl/N-ethyl adjacent to an activating group) is 1. The second kappa shape index (κ2) is 43.5. The molecule has 0 aliphatic carbocycles. The minimum atomic E-state index is -4.33. The molecule has 0 bridgehead atoms. The van der Waals surface area contributed by atoms with E-state index in [2.05, 4.69) is 19.2 Å². The van der Waals surface area contributed by atoms with Crippen molar-refractivity contribution in [3.63, 3.8) is 0 Å². The Balaban J connectivity index is 4.14. The molecule has 3 atom stereocenters. The molecule has 358 valence electrons. The fraction of sp³-hybridized carbons (Fsp3) is 0.941. The van der Waals surface area contributed by atoms with Crippen molar-refractivity contribution < 1.29 is 32.9 Å². The fourth-order valence-corrected chi connectivity index (χ4v) is 8.60. The lowest BCUT2D eigenvalue weighted by Gasteiger charge is -2.25. The van der Waals surface area contributed by atoms with Crippen LogP contribution in [0.15, 0.2) is 12.2 Å². The average molecular weight is 872 g/mol. The van der Waals surface area contributed by atoms with E-state index in [0.717, 1.165) is 38.5 Å². The molecule has 1 unspecified atom stereocenters. The number of rotatable bonds is 48. The SMILES string of the molecule is CCCCCCCCCCCCC/C=C/[C@@H](O)[C@H](COP(=O)(O)OCC[N+](C)(C)C)NC(=O)CCCCCCCCCCCCCCCCCCCCCCCCCCC. The summed E-state index contributed by atoms with van der Waals surface area (Å²) in [5.74, 6) is -0.172. The molecule has 0 saturated carbocycles. The van der Waals surface area contributed by atoms with E-state index in [4.69, 9.17) is 9.05 Å². The molecule has 0 heterocycles. The number of phosphoric ester groups is 1. The highest BCUT2D eigenvalue weighted by atomic mass is 31.2. The average Bonchev–Trinajstić information content (AvgIpc) is 3.20. The van der Waals surface area contributed by atoms with Crippen LogP contribution in [-0.4, -0.2) is 73.4 Å². The number of amides is 1. The minimum absolute atomic E-state index is 0.0648. The van der Waals surface area contributed by atoms with E-state index >= 15 is 0 Å². The Morgan fingerprint density at radius 3 is 1.23 bits per heavy atom. The smallest absolute Gasteiger partial charge is 0.387 e. The summed E-state index contributed by atoms with van der Waals surface area (Å²) in [7, 11) is 1.59. The van der Waals surface area contributed by atoms with Crippen molar-refractivity contribution in [1.29, 1.82) is 0 Å². The molecule has 9 heteroatoms. The molecule has 1 amide bonds. The van der Waals surface area contributed by atoms with E-state index in [9.17, 15) is 19.4 Å². The Morgan fingerprint density at radius 2 is 0.883 bits per heavy atom. The van der Waals surface area contributed by atoms with Gasteiger partial charge < -0.3 is 19.8 Å². The molecule has 0 aromatic carbocycles. The fourth-order valence-electron chi connectivity index (χ4n) is 7.87. The number of phosphoric acid groups is 1. The number of quaternary nitrogens is 1. The third-order valence-electron chi connectivity index (χ3n) is 12.0. The molecule has 60 heavy (non-hydrogen) atoms. The Hall–Kier alpha value is -0.760. The molecule has 0 spiro atoms. The predicted molar refractivity (Wildman–Crippen MR) is 259 cm³/mol. The summed E-state index contributed by atoms with van der Waals surface area (Å²) in [6, 6.07) is -0.840. The van der Waals surface area contributed by atoms with E-state index in [0.29, 0.717) is 17.4 Å². The van der Waals surface area contributed by atoms with Gasteiger partial charge in [-0.05, 0) is 19.3 Å². The van der Waals surface area contributed by atoms with Gasteiger partial charge in [-0.1, -0.05) is 244 Å². The normalized spacial score (nSPS) is 14.2. The number of carbonyl (C=O) groups is 1. The third-order valence-corrected chi connectivity index (χ3v) is 13.0. The first-order chi connectivity index (χ1) is 29.0. The lowest BCUT2D eigenvalue weighted by atomic mass is 10.0. The number of nitrogens with one attached hydrogen (secondary N) is 1. The lowest BCUT2D eigenvalue weighted by Crippen LogP contribution is -2.45. The van der Waals surface area contributed by atoms with Gasteiger partial charge in [0.15, 0.2) is 0 Å². The lowest BCUT2D eigenvalue weighted by molar-refractivity contribution is -0.870. The second-order valence-corrected chi connectivity index (χ2v) is 20.7. The molecule has 0 aliphatic heterocycles. The number of aliphatic hydroxyl groups is 1. The van der Waals surface area contributed by atoms with Gasteiger partial charge in [0.2, 0.25) is 5.91 Å². The zero-order valence-electron chi connectivity index (χ0n) is 40.7.